The first-order valence-corrected chi connectivity index (χ1v) is 7.01. The molecule has 0 radical (unpaired) electrons. The van der Waals surface area contributed by atoms with Gasteiger partial charge in [-0.05, 0) is 43.5 Å². The number of hydrogen-bond acceptors (Lipinski definition) is 1. The number of benzene rings is 2. The third kappa shape index (κ3) is 4.06. The van der Waals surface area contributed by atoms with E-state index in [1.807, 2.05) is 13.8 Å². The van der Waals surface area contributed by atoms with Gasteiger partial charge >= 0.3 is 0 Å². The van der Waals surface area contributed by atoms with Gasteiger partial charge in [-0.3, -0.25) is 0 Å². The minimum absolute atomic E-state index is 0.359. The van der Waals surface area contributed by atoms with Crippen LogP contribution in [0, 0.1) is 19.7 Å². The normalized spacial score (nSPS) is 12.4. The van der Waals surface area contributed by atoms with E-state index >= 15 is 0 Å². The molecule has 0 heterocycles. The van der Waals surface area contributed by atoms with Crippen LogP contribution in [0.5, 0.6) is 0 Å². The molecule has 0 fully saturated rings. The van der Waals surface area contributed by atoms with Crippen LogP contribution in [-0.4, -0.2) is 11.2 Å². The van der Waals surface area contributed by atoms with Crippen LogP contribution in [0.25, 0.3) is 0 Å². The Morgan fingerprint density at radius 1 is 1.05 bits per heavy atom. The molecule has 0 aliphatic rings. The molecule has 0 aliphatic carbocycles. The zero-order chi connectivity index (χ0) is 14.7. The molecule has 0 saturated carbocycles. The van der Waals surface area contributed by atoms with E-state index in [9.17, 15) is 9.50 Å². The molecule has 0 aliphatic heterocycles. The van der Waals surface area contributed by atoms with Crippen LogP contribution in [0.2, 0.25) is 5.02 Å². The largest absolute Gasteiger partial charge is 0.392 e. The van der Waals surface area contributed by atoms with Gasteiger partial charge < -0.3 is 5.11 Å². The van der Waals surface area contributed by atoms with E-state index in [2.05, 4.69) is 18.2 Å². The number of rotatable bonds is 4. The van der Waals surface area contributed by atoms with Crippen molar-refractivity contribution < 1.29 is 9.50 Å². The van der Waals surface area contributed by atoms with Gasteiger partial charge in [-0.2, -0.15) is 0 Å². The number of hydrogen-bond donors (Lipinski definition) is 1. The van der Waals surface area contributed by atoms with Gasteiger partial charge in [0.15, 0.2) is 0 Å². The number of aryl methyl sites for hydroxylation is 2. The topological polar surface area (TPSA) is 20.2 Å². The molecule has 2 aromatic rings. The van der Waals surface area contributed by atoms with Crippen molar-refractivity contribution in [2.24, 2.45) is 0 Å². The van der Waals surface area contributed by atoms with E-state index in [0.717, 1.165) is 11.1 Å². The van der Waals surface area contributed by atoms with Crippen LogP contribution in [0.1, 0.15) is 22.3 Å². The van der Waals surface area contributed by atoms with Gasteiger partial charge in [-0.15, -0.1) is 0 Å². The third-order valence-corrected chi connectivity index (χ3v) is 3.58. The Morgan fingerprint density at radius 2 is 1.70 bits per heavy atom. The molecular formula is C17H18ClFO. The summed E-state index contributed by atoms with van der Waals surface area (Å²) in [5.41, 5.74) is 4.25. The van der Waals surface area contributed by atoms with Gasteiger partial charge in [0.2, 0.25) is 0 Å². The zero-order valence-electron chi connectivity index (χ0n) is 11.7. The molecule has 0 spiro atoms. The Kier molecular flexibility index (Phi) is 4.79. The number of halogens is 2. The zero-order valence-corrected chi connectivity index (χ0v) is 12.4. The summed E-state index contributed by atoms with van der Waals surface area (Å²) < 4.78 is 13.0. The Bertz CT molecular complexity index is 590. The molecule has 1 unspecified atom stereocenters. The fourth-order valence-electron chi connectivity index (χ4n) is 2.47. The van der Waals surface area contributed by atoms with Crippen molar-refractivity contribution >= 4 is 11.6 Å². The first-order chi connectivity index (χ1) is 9.44. The van der Waals surface area contributed by atoms with Crippen molar-refractivity contribution in [3.8, 4) is 0 Å². The van der Waals surface area contributed by atoms with E-state index in [4.69, 9.17) is 11.6 Å². The van der Waals surface area contributed by atoms with Crippen LogP contribution in [-0.2, 0) is 12.8 Å². The summed E-state index contributed by atoms with van der Waals surface area (Å²) in [6.45, 7) is 4.08. The lowest BCUT2D eigenvalue weighted by molar-refractivity contribution is 0.175. The lowest BCUT2D eigenvalue weighted by Crippen LogP contribution is -2.14. The highest BCUT2D eigenvalue weighted by atomic mass is 35.5. The van der Waals surface area contributed by atoms with Crippen LogP contribution in [0.3, 0.4) is 0 Å². The first-order valence-electron chi connectivity index (χ1n) is 6.63. The van der Waals surface area contributed by atoms with E-state index < -0.39 is 6.10 Å². The van der Waals surface area contributed by atoms with Gasteiger partial charge in [0.1, 0.15) is 5.82 Å². The predicted molar refractivity (Wildman–Crippen MR) is 80.7 cm³/mol. The average Bonchev–Trinajstić information content (AvgIpc) is 2.31. The third-order valence-electron chi connectivity index (χ3n) is 3.22. The lowest BCUT2D eigenvalue weighted by atomic mass is 9.98. The van der Waals surface area contributed by atoms with Crippen LogP contribution >= 0.6 is 11.6 Å². The highest BCUT2D eigenvalue weighted by Gasteiger charge is 2.10. The van der Waals surface area contributed by atoms with Crippen molar-refractivity contribution in [1.82, 2.24) is 0 Å². The van der Waals surface area contributed by atoms with E-state index in [-0.39, 0.29) is 5.82 Å². The van der Waals surface area contributed by atoms with Crippen LogP contribution in [0.15, 0.2) is 36.4 Å². The average molecular weight is 293 g/mol. The summed E-state index contributed by atoms with van der Waals surface area (Å²) in [7, 11) is 0. The quantitative estimate of drug-likeness (QED) is 0.893. The maximum Gasteiger partial charge on any atom is 0.124 e. The summed E-state index contributed by atoms with van der Waals surface area (Å²) in [6, 6.07) is 10.5. The number of aliphatic hydroxyl groups is 1. The molecule has 0 amide bonds. The summed E-state index contributed by atoms with van der Waals surface area (Å²) in [5.74, 6) is -0.359. The van der Waals surface area contributed by atoms with Gasteiger partial charge in [-0.25, -0.2) is 4.39 Å². The van der Waals surface area contributed by atoms with Crippen LogP contribution < -0.4 is 0 Å². The number of aliphatic hydroxyl groups excluding tert-OH is 1. The summed E-state index contributed by atoms with van der Waals surface area (Å²) in [4.78, 5) is 0. The minimum Gasteiger partial charge on any atom is -0.392 e. The standard InChI is InChI=1S/C17H18ClFO/c1-11-5-12(2)7-13(6-11)8-16(20)9-14-3-4-15(19)10-17(14)18/h3-7,10,16,20H,8-9H2,1-2H3. The first kappa shape index (κ1) is 15.0. The highest BCUT2D eigenvalue weighted by molar-refractivity contribution is 6.31. The van der Waals surface area contributed by atoms with Crippen LogP contribution in [0.4, 0.5) is 4.39 Å². The van der Waals surface area contributed by atoms with E-state index in [0.29, 0.717) is 17.9 Å². The molecule has 3 heteroatoms. The maximum atomic E-state index is 13.0. The molecule has 0 saturated heterocycles. The summed E-state index contributed by atoms with van der Waals surface area (Å²) in [6.07, 6.45) is 0.460. The Balaban J connectivity index is 2.06. The molecule has 1 nitrogen and oxygen atoms in total. The van der Waals surface area contributed by atoms with Gasteiger partial charge in [0.05, 0.1) is 6.10 Å². The molecule has 2 rings (SSSR count). The van der Waals surface area contributed by atoms with E-state index in [1.165, 1.54) is 23.3 Å². The molecule has 0 aromatic heterocycles. The smallest absolute Gasteiger partial charge is 0.124 e. The molecule has 2 aromatic carbocycles. The Labute approximate surface area is 124 Å². The highest BCUT2D eigenvalue weighted by Crippen LogP contribution is 2.20. The monoisotopic (exact) mass is 292 g/mol. The van der Waals surface area contributed by atoms with Crippen molar-refractivity contribution in [2.75, 3.05) is 0 Å². The molecule has 0 bridgehead atoms. The van der Waals surface area contributed by atoms with Crippen molar-refractivity contribution in [2.45, 2.75) is 32.8 Å². The van der Waals surface area contributed by atoms with E-state index in [1.54, 1.807) is 6.07 Å². The lowest BCUT2D eigenvalue weighted by Gasteiger charge is -2.13. The maximum absolute atomic E-state index is 13.0. The second-order valence-electron chi connectivity index (χ2n) is 5.29. The van der Waals surface area contributed by atoms with Gasteiger partial charge in [0.25, 0.3) is 0 Å². The second-order valence-corrected chi connectivity index (χ2v) is 5.70. The van der Waals surface area contributed by atoms with Crippen molar-refractivity contribution in [3.05, 3.63) is 69.5 Å². The Morgan fingerprint density at radius 3 is 2.30 bits per heavy atom. The Hall–Kier alpha value is -1.38. The van der Waals surface area contributed by atoms with Crippen molar-refractivity contribution in [1.29, 1.82) is 0 Å². The molecule has 20 heavy (non-hydrogen) atoms. The fraction of sp³-hybridized carbons (Fsp3) is 0.294. The summed E-state index contributed by atoms with van der Waals surface area (Å²) in [5, 5.41) is 10.5. The molecule has 106 valence electrons. The van der Waals surface area contributed by atoms with Gasteiger partial charge in [0, 0.05) is 11.4 Å². The SMILES string of the molecule is Cc1cc(C)cc(CC(O)Cc2ccc(F)cc2Cl)c1. The van der Waals surface area contributed by atoms with Gasteiger partial charge in [-0.1, -0.05) is 47.0 Å². The molecule has 1 N–H and O–H groups in total. The fourth-order valence-corrected chi connectivity index (χ4v) is 2.72. The second kappa shape index (κ2) is 6.38. The summed E-state index contributed by atoms with van der Waals surface area (Å²) >= 11 is 5.98. The molecule has 1 atom stereocenters. The predicted octanol–water partition coefficient (Wildman–Crippen LogP) is 4.24. The van der Waals surface area contributed by atoms with Crippen molar-refractivity contribution in [3.63, 3.8) is 0 Å². The molecular weight excluding hydrogens is 275 g/mol. The minimum atomic E-state index is -0.529.